The van der Waals surface area contributed by atoms with Crippen molar-refractivity contribution in [2.45, 2.75) is 69.3 Å². The highest BCUT2D eigenvalue weighted by Crippen LogP contribution is 2.60. The van der Waals surface area contributed by atoms with Crippen molar-refractivity contribution in [3.63, 3.8) is 0 Å². The van der Waals surface area contributed by atoms with Gasteiger partial charge in [0.15, 0.2) is 6.10 Å². The number of amides is 2. The van der Waals surface area contributed by atoms with Crippen LogP contribution >= 0.6 is 0 Å². The zero-order valence-corrected chi connectivity index (χ0v) is 14.7. The summed E-state index contributed by atoms with van der Waals surface area (Å²) in [4.78, 5) is 12.3. The molecule has 0 aromatic heterocycles. The van der Waals surface area contributed by atoms with Crippen molar-refractivity contribution in [1.29, 1.82) is 0 Å². The Bertz CT molecular complexity index is 703. The molecule has 26 heavy (non-hydrogen) atoms. The predicted octanol–water partition coefficient (Wildman–Crippen LogP) is 4.25. The minimum atomic E-state index is -4.41. The van der Waals surface area contributed by atoms with E-state index in [4.69, 9.17) is 4.74 Å². The van der Waals surface area contributed by atoms with Crippen molar-refractivity contribution >= 4 is 6.03 Å². The SMILES string of the molecule is CC(Oc1cccc(C2(NC(=O)NC3CC4(CC4)C3)CC2)c1)C(F)(F)F. The van der Waals surface area contributed by atoms with Crippen LogP contribution in [0.2, 0.25) is 0 Å². The second-order valence-corrected chi connectivity index (χ2v) is 8.12. The molecular weight excluding hydrogens is 345 g/mol. The van der Waals surface area contributed by atoms with Crippen molar-refractivity contribution in [3.05, 3.63) is 29.8 Å². The van der Waals surface area contributed by atoms with Crippen LogP contribution < -0.4 is 15.4 Å². The molecule has 7 heteroatoms. The quantitative estimate of drug-likeness (QED) is 0.816. The maximum absolute atomic E-state index is 12.7. The molecule has 3 fully saturated rings. The Kier molecular flexibility index (Phi) is 3.90. The lowest BCUT2D eigenvalue weighted by molar-refractivity contribution is -0.189. The Hall–Kier alpha value is -1.92. The van der Waals surface area contributed by atoms with Crippen LogP contribution in [0, 0.1) is 5.41 Å². The average molecular weight is 368 g/mol. The number of rotatable bonds is 5. The Labute approximate surface area is 150 Å². The van der Waals surface area contributed by atoms with E-state index in [1.165, 1.54) is 18.9 Å². The second-order valence-electron chi connectivity index (χ2n) is 8.12. The maximum atomic E-state index is 12.7. The number of ether oxygens (including phenoxy) is 1. The van der Waals surface area contributed by atoms with Crippen molar-refractivity contribution in [2.75, 3.05) is 0 Å². The molecule has 0 radical (unpaired) electrons. The van der Waals surface area contributed by atoms with Crippen molar-refractivity contribution < 1.29 is 22.7 Å². The molecule has 3 saturated carbocycles. The molecule has 1 unspecified atom stereocenters. The Morgan fingerprint density at radius 1 is 1.23 bits per heavy atom. The minimum Gasteiger partial charge on any atom is -0.481 e. The summed E-state index contributed by atoms with van der Waals surface area (Å²) in [5, 5.41) is 6.03. The minimum absolute atomic E-state index is 0.162. The van der Waals surface area contributed by atoms with Gasteiger partial charge in [0.2, 0.25) is 0 Å². The van der Waals surface area contributed by atoms with Gasteiger partial charge >= 0.3 is 12.2 Å². The fraction of sp³-hybridized carbons (Fsp3) is 0.632. The molecule has 3 aliphatic rings. The molecule has 1 aromatic rings. The highest BCUT2D eigenvalue weighted by atomic mass is 19.4. The van der Waals surface area contributed by atoms with E-state index in [1.807, 2.05) is 6.07 Å². The van der Waals surface area contributed by atoms with Crippen LogP contribution in [-0.4, -0.2) is 24.4 Å². The Balaban J connectivity index is 1.36. The lowest BCUT2D eigenvalue weighted by Gasteiger charge is -2.36. The smallest absolute Gasteiger partial charge is 0.425 e. The van der Waals surface area contributed by atoms with Gasteiger partial charge in [0, 0.05) is 6.04 Å². The van der Waals surface area contributed by atoms with Crippen LogP contribution in [-0.2, 0) is 5.54 Å². The standard InChI is InChI=1S/C19H23F3N2O2/c1-12(19(20,21)22)26-15-4-2-3-13(9-15)18(7-8-18)24-16(25)23-14-10-17(11-14)5-6-17/h2-4,9,12,14H,5-8,10-11H2,1H3,(H2,23,24,25). The highest BCUT2D eigenvalue weighted by Gasteiger charge is 2.54. The van der Waals surface area contributed by atoms with E-state index in [0.717, 1.165) is 38.2 Å². The van der Waals surface area contributed by atoms with Crippen LogP contribution in [0.5, 0.6) is 5.75 Å². The summed E-state index contributed by atoms with van der Waals surface area (Å²) in [5.41, 5.74) is 0.814. The van der Waals surface area contributed by atoms with Gasteiger partial charge in [-0.25, -0.2) is 4.79 Å². The lowest BCUT2D eigenvalue weighted by Crippen LogP contribution is -2.51. The van der Waals surface area contributed by atoms with E-state index in [2.05, 4.69) is 10.6 Å². The third kappa shape index (κ3) is 3.48. The van der Waals surface area contributed by atoms with Crippen LogP contribution in [0.15, 0.2) is 24.3 Å². The number of carbonyl (C=O) groups is 1. The molecular formula is C19H23F3N2O2. The monoisotopic (exact) mass is 368 g/mol. The molecule has 1 atom stereocenters. The zero-order chi connectivity index (χ0) is 18.6. The fourth-order valence-electron chi connectivity index (χ4n) is 3.86. The zero-order valence-electron chi connectivity index (χ0n) is 14.7. The first-order valence-corrected chi connectivity index (χ1v) is 9.12. The molecule has 142 valence electrons. The van der Waals surface area contributed by atoms with Crippen molar-refractivity contribution in [3.8, 4) is 5.75 Å². The van der Waals surface area contributed by atoms with Gasteiger partial charge in [-0.1, -0.05) is 12.1 Å². The lowest BCUT2D eigenvalue weighted by atomic mass is 9.77. The van der Waals surface area contributed by atoms with Gasteiger partial charge in [-0.2, -0.15) is 13.2 Å². The molecule has 1 aromatic carbocycles. The van der Waals surface area contributed by atoms with Gasteiger partial charge in [-0.15, -0.1) is 0 Å². The van der Waals surface area contributed by atoms with Crippen LogP contribution in [0.4, 0.5) is 18.0 Å². The number of halogens is 3. The summed E-state index contributed by atoms with van der Waals surface area (Å²) >= 11 is 0. The summed E-state index contributed by atoms with van der Waals surface area (Å²) in [6.45, 7) is 0.983. The summed E-state index contributed by atoms with van der Waals surface area (Å²) in [5.74, 6) is 0.162. The molecule has 0 bridgehead atoms. The largest absolute Gasteiger partial charge is 0.481 e. The third-order valence-electron chi connectivity index (χ3n) is 5.91. The first-order valence-electron chi connectivity index (χ1n) is 9.12. The van der Waals surface area contributed by atoms with Crippen molar-refractivity contribution in [1.82, 2.24) is 10.6 Å². The second kappa shape index (κ2) is 5.79. The molecule has 0 saturated heterocycles. The van der Waals surface area contributed by atoms with Gasteiger partial charge in [0.1, 0.15) is 5.75 Å². The molecule has 2 N–H and O–H groups in total. The number of urea groups is 1. The maximum Gasteiger partial charge on any atom is 0.425 e. The molecule has 4 rings (SSSR count). The number of carbonyl (C=O) groups excluding carboxylic acids is 1. The summed E-state index contributed by atoms with van der Waals surface area (Å²) in [7, 11) is 0. The van der Waals surface area contributed by atoms with E-state index in [-0.39, 0.29) is 17.8 Å². The van der Waals surface area contributed by atoms with Gasteiger partial charge in [-0.05, 0) is 68.6 Å². The fourth-order valence-corrected chi connectivity index (χ4v) is 3.86. The van der Waals surface area contributed by atoms with Crippen LogP contribution in [0.25, 0.3) is 0 Å². The average Bonchev–Trinajstić information content (AvgIpc) is 3.42. The molecule has 3 aliphatic carbocycles. The molecule has 1 spiro atoms. The number of hydrogen-bond donors (Lipinski definition) is 2. The first kappa shape index (κ1) is 17.5. The first-order chi connectivity index (χ1) is 12.2. The normalized spacial score (nSPS) is 23.7. The van der Waals surface area contributed by atoms with Crippen molar-refractivity contribution in [2.24, 2.45) is 5.41 Å². The molecule has 0 heterocycles. The van der Waals surface area contributed by atoms with E-state index >= 15 is 0 Å². The Morgan fingerprint density at radius 2 is 1.92 bits per heavy atom. The van der Waals surface area contributed by atoms with Gasteiger partial charge in [0.05, 0.1) is 5.54 Å². The van der Waals surface area contributed by atoms with Gasteiger partial charge in [-0.3, -0.25) is 0 Å². The van der Waals surface area contributed by atoms with Gasteiger partial charge in [0.25, 0.3) is 0 Å². The number of benzene rings is 1. The Morgan fingerprint density at radius 3 is 2.50 bits per heavy atom. The predicted molar refractivity (Wildman–Crippen MR) is 89.9 cm³/mol. The van der Waals surface area contributed by atoms with E-state index < -0.39 is 17.8 Å². The molecule has 4 nitrogen and oxygen atoms in total. The van der Waals surface area contributed by atoms with Crippen LogP contribution in [0.1, 0.15) is 51.0 Å². The van der Waals surface area contributed by atoms with Gasteiger partial charge < -0.3 is 15.4 Å². The molecule has 2 amide bonds. The topological polar surface area (TPSA) is 50.4 Å². The number of hydrogen-bond acceptors (Lipinski definition) is 2. The summed E-state index contributed by atoms with van der Waals surface area (Å²) < 4.78 is 43.1. The van der Waals surface area contributed by atoms with E-state index in [1.54, 1.807) is 12.1 Å². The van der Waals surface area contributed by atoms with Crippen LogP contribution in [0.3, 0.4) is 0 Å². The highest BCUT2D eigenvalue weighted by molar-refractivity contribution is 5.76. The summed E-state index contributed by atoms with van der Waals surface area (Å²) in [6, 6.07) is 6.63. The third-order valence-corrected chi connectivity index (χ3v) is 5.91. The number of alkyl halides is 3. The summed E-state index contributed by atoms with van der Waals surface area (Å²) in [6.07, 6.45) is -0.0662. The van der Waals surface area contributed by atoms with E-state index in [9.17, 15) is 18.0 Å². The number of nitrogens with one attached hydrogen (secondary N) is 2. The molecule has 0 aliphatic heterocycles. The van der Waals surface area contributed by atoms with E-state index in [0.29, 0.717) is 5.41 Å².